The quantitative estimate of drug-likeness (QED) is 0.741. The molecule has 0 saturated carbocycles. The fourth-order valence-corrected chi connectivity index (χ4v) is 1.94. The lowest BCUT2D eigenvalue weighted by Crippen LogP contribution is -1.98. The summed E-state index contributed by atoms with van der Waals surface area (Å²) in [7, 11) is 0. The topological polar surface area (TPSA) is 59.7 Å². The molecule has 100 valence electrons. The van der Waals surface area contributed by atoms with Crippen LogP contribution in [0.4, 0.5) is 0 Å². The maximum absolute atomic E-state index is 11.2. The summed E-state index contributed by atoms with van der Waals surface area (Å²) in [5.41, 5.74) is 1.00. The average molecular weight is 268 g/mol. The van der Waals surface area contributed by atoms with E-state index in [-0.39, 0.29) is 18.0 Å². The first-order valence-corrected chi connectivity index (χ1v) is 6.16. The van der Waals surface area contributed by atoms with Crippen molar-refractivity contribution in [3.05, 3.63) is 70.6 Å². The molecule has 0 bridgehead atoms. The molecule has 0 atom stereocenters. The Bertz CT molecular complexity index is 805. The van der Waals surface area contributed by atoms with E-state index in [2.05, 4.69) is 0 Å². The van der Waals surface area contributed by atoms with Gasteiger partial charge in [-0.15, -0.1) is 0 Å². The van der Waals surface area contributed by atoms with Crippen molar-refractivity contribution in [3.63, 3.8) is 0 Å². The van der Waals surface area contributed by atoms with Gasteiger partial charge in [-0.25, -0.2) is 4.79 Å². The van der Waals surface area contributed by atoms with Gasteiger partial charge in [-0.3, -0.25) is 0 Å². The van der Waals surface area contributed by atoms with Crippen molar-refractivity contribution in [2.24, 2.45) is 0 Å². The number of hydrogen-bond acceptors (Lipinski definition) is 4. The first-order valence-electron chi connectivity index (χ1n) is 6.16. The van der Waals surface area contributed by atoms with Gasteiger partial charge in [-0.2, -0.15) is 0 Å². The lowest BCUT2D eigenvalue weighted by atomic mass is 10.1. The minimum Gasteiger partial charge on any atom is -0.504 e. The Balaban J connectivity index is 1.84. The Labute approximate surface area is 114 Å². The van der Waals surface area contributed by atoms with Gasteiger partial charge in [0.05, 0.1) is 0 Å². The van der Waals surface area contributed by atoms with Gasteiger partial charge in [-0.05, 0) is 29.8 Å². The third kappa shape index (κ3) is 2.49. The van der Waals surface area contributed by atoms with Gasteiger partial charge in [0.15, 0.2) is 11.5 Å². The molecular weight excluding hydrogens is 256 g/mol. The van der Waals surface area contributed by atoms with Crippen molar-refractivity contribution in [2.75, 3.05) is 0 Å². The highest BCUT2D eigenvalue weighted by Crippen LogP contribution is 2.25. The lowest BCUT2D eigenvalue weighted by Gasteiger charge is -2.08. The summed E-state index contributed by atoms with van der Waals surface area (Å²) >= 11 is 0. The van der Waals surface area contributed by atoms with Gasteiger partial charge < -0.3 is 14.3 Å². The lowest BCUT2D eigenvalue weighted by molar-refractivity contribution is 0.289. The van der Waals surface area contributed by atoms with Gasteiger partial charge in [0.25, 0.3) is 0 Å². The number of phenolic OH excluding ortho intramolecular Hbond substituents is 1. The van der Waals surface area contributed by atoms with Gasteiger partial charge >= 0.3 is 5.63 Å². The van der Waals surface area contributed by atoms with Gasteiger partial charge in [0, 0.05) is 11.5 Å². The summed E-state index contributed by atoms with van der Waals surface area (Å²) < 4.78 is 10.6. The number of ether oxygens (including phenoxy) is 1. The fourth-order valence-electron chi connectivity index (χ4n) is 1.94. The van der Waals surface area contributed by atoms with E-state index in [1.807, 2.05) is 12.1 Å². The predicted octanol–water partition coefficient (Wildman–Crippen LogP) is 3.08. The minimum absolute atomic E-state index is 0.0971. The van der Waals surface area contributed by atoms with Gasteiger partial charge in [0.1, 0.15) is 12.2 Å². The number of hydrogen-bond donors (Lipinski definition) is 1. The minimum atomic E-state index is -0.378. The van der Waals surface area contributed by atoms with Crippen LogP contribution in [0.5, 0.6) is 11.5 Å². The molecule has 0 spiro atoms. The first kappa shape index (κ1) is 12.3. The largest absolute Gasteiger partial charge is 0.504 e. The van der Waals surface area contributed by atoms with E-state index in [1.54, 1.807) is 36.4 Å². The van der Waals surface area contributed by atoms with Crippen LogP contribution in [0, 0.1) is 0 Å². The number of rotatable bonds is 3. The monoisotopic (exact) mass is 268 g/mol. The van der Waals surface area contributed by atoms with E-state index in [4.69, 9.17) is 9.15 Å². The summed E-state index contributed by atoms with van der Waals surface area (Å²) in [5.74, 6) is 0.516. The molecule has 4 nitrogen and oxygen atoms in total. The number of benzene rings is 2. The molecule has 0 radical (unpaired) electrons. The Kier molecular flexibility index (Phi) is 3.13. The van der Waals surface area contributed by atoms with E-state index < -0.39 is 0 Å². The van der Waals surface area contributed by atoms with E-state index in [0.717, 1.165) is 10.9 Å². The van der Waals surface area contributed by atoms with Crippen molar-refractivity contribution in [2.45, 2.75) is 6.61 Å². The Morgan fingerprint density at radius 3 is 2.70 bits per heavy atom. The van der Waals surface area contributed by atoms with Crippen molar-refractivity contribution in [3.8, 4) is 11.5 Å². The second-order valence-corrected chi connectivity index (χ2v) is 4.38. The molecule has 0 fully saturated rings. The van der Waals surface area contributed by atoms with E-state index >= 15 is 0 Å². The smallest absolute Gasteiger partial charge is 0.336 e. The highest BCUT2D eigenvalue weighted by molar-refractivity contribution is 5.76. The molecule has 1 heterocycles. The first-order chi connectivity index (χ1) is 9.72. The zero-order valence-corrected chi connectivity index (χ0v) is 10.6. The highest BCUT2D eigenvalue weighted by Gasteiger charge is 2.03. The maximum atomic E-state index is 11.2. The van der Waals surface area contributed by atoms with Crippen LogP contribution in [-0.4, -0.2) is 5.11 Å². The molecule has 0 unspecified atom stereocenters. The summed E-state index contributed by atoms with van der Waals surface area (Å²) in [4.78, 5) is 11.2. The maximum Gasteiger partial charge on any atom is 0.336 e. The van der Waals surface area contributed by atoms with E-state index in [0.29, 0.717) is 11.3 Å². The number of para-hydroxylation sites is 2. The summed E-state index contributed by atoms with van der Waals surface area (Å²) in [6, 6.07) is 15.4. The third-order valence-corrected chi connectivity index (χ3v) is 2.95. The molecule has 0 aliphatic carbocycles. The van der Waals surface area contributed by atoms with Crippen LogP contribution in [-0.2, 0) is 6.61 Å². The molecule has 0 saturated heterocycles. The number of phenols is 1. The second-order valence-electron chi connectivity index (χ2n) is 4.38. The molecule has 3 rings (SSSR count). The molecule has 4 heteroatoms. The van der Waals surface area contributed by atoms with Crippen LogP contribution in [0.2, 0.25) is 0 Å². The molecule has 0 aliphatic rings. The summed E-state index contributed by atoms with van der Waals surface area (Å²) in [6.07, 6.45) is 0. The second kappa shape index (κ2) is 5.09. The van der Waals surface area contributed by atoms with Crippen LogP contribution >= 0.6 is 0 Å². The molecule has 3 aromatic rings. The molecule has 0 aliphatic heterocycles. The highest BCUT2D eigenvalue weighted by atomic mass is 16.5. The Morgan fingerprint density at radius 1 is 1.05 bits per heavy atom. The van der Waals surface area contributed by atoms with E-state index in [9.17, 15) is 9.90 Å². The van der Waals surface area contributed by atoms with E-state index in [1.165, 1.54) is 6.07 Å². The number of aromatic hydroxyl groups is 1. The molecular formula is C16H12O4. The molecule has 1 aromatic heterocycles. The van der Waals surface area contributed by atoms with Crippen molar-refractivity contribution < 1.29 is 14.3 Å². The SMILES string of the molecule is O=c1ccc2ccc(COc3ccccc3O)cc2o1. The number of fused-ring (bicyclic) bond motifs is 1. The van der Waals surface area contributed by atoms with Crippen molar-refractivity contribution in [1.82, 2.24) is 0 Å². The van der Waals surface area contributed by atoms with Crippen molar-refractivity contribution >= 4 is 11.0 Å². The summed E-state index contributed by atoms with van der Waals surface area (Å²) in [6.45, 7) is 0.284. The Morgan fingerprint density at radius 2 is 1.85 bits per heavy atom. The Hall–Kier alpha value is -2.75. The predicted molar refractivity (Wildman–Crippen MR) is 74.9 cm³/mol. The molecule has 1 N–H and O–H groups in total. The normalized spacial score (nSPS) is 10.6. The van der Waals surface area contributed by atoms with Gasteiger partial charge in [0.2, 0.25) is 0 Å². The van der Waals surface area contributed by atoms with Crippen LogP contribution in [0.25, 0.3) is 11.0 Å². The zero-order chi connectivity index (χ0) is 13.9. The summed E-state index contributed by atoms with van der Waals surface area (Å²) in [5, 5.41) is 10.5. The van der Waals surface area contributed by atoms with Crippen LogP contribution in [0.3, 0.4) is 0 Å². The third-order valence-electron chi connectivity index (χ3n) is 2.95. The average Bonchev–Trinajstić information content (AvgIpc) is 2.46. The standard InChI is InChI=1S/C16H12O4/c17-13-3-1-2-4-14(13)19-10-11-5-6-12-7-8-16(18)20-15(12)9-11/h1-9,17H,10H2. The van der Waals surface area contributed by atoms with Crippen LogP contribution in [0.15, 0.2) is 63.8 Å². The molecule has 2 aromatic carbocycles. The van der Waals surface area contributed by atoms with Gasteiger partial charge in [-0.1, -0.05) is 24.3 Å². The van der Waals surface area contributed by atoms with Crippen LogP contribution < -0.4 is 10.4 Å². The van der Waals surface area contributed by atoms with Crippen LogP contribution in [0.1, 0.15) is 5.56 Å². The van der Waals surface area contributed by atoms with Crippen molar-refractivity contribution in [1.29, 1.82) is 0 Å². The molecule has 20 heavy (non-hydrogen) atoms. The zero-order valence-electron chi connectivity index (χ0n) is 10.6. The molecule has 0 amide bonds. The fraction of sp³-hybridized carbons (Fsp3) is 0.0625.